The van der Waals surface area contributed by atoms with E-state index >= 15 is 0 Å². The van der Waals surface area contributed by atoms with Gasteiger partial charge >= 0.3 is 17.1 Å². The zero-order chi connectivity index (χ0) is 21.8. The Bertz CT molecular complexity index is 235. The summed E-state index contributed by atoms with van der Waals surface area (Å²) in [4.78, 5) is 0. The van der Waals surface area contributed by atoms with Crippen molar-refractivity contribution < 1.29 is 47.7 Å². The van der Waals surface area contributed by atoms with Crippen LogP contribution in [0, 0.1) is 0 Å². The average molecular weight is 446 g/mol. The third-order valence-electron chi connectivity index (χ3n) is 3.62. The minimum absolute atomic E-state index is 0. The molecule has 0 heterocycles. The van der Waals surface area contributed by atoms with Gasteiger partial charge in [-0.2, -0.15) is 0 Å². The van der Waals surface area contributed by atoms with Crippen LogP contribution in [0.2, 0.25) is 0 Å². The molecule has 0 saturated heterocycles. The van der Waals surface area contributed by atoms with E-state index in [0.717, 1.165) is 19.3 Å². The van der Waals surface area contributed by atoms with Crippen molar-refractivity contribution in [3.8, 4) is 0 Å². The Kier molecular flexibility index (Phi) is 32.3. The van der Waals surface area contributed by atoms with Crippen LogP contribution in [0.3, 0.4) is 0 Å². The molecule has 6 atom stereocenters. The van der Waals surface area contributed by atoms with Crippen molar-refractivity contribution in [1.82, 2.24) is 0 Å². The summed E-state index contributed by atoms with van der Waals surface area (Å²) in [5.74, 6) is 0. The minimum Gasteiger partial charge on any atom is -0.852 e. The molecule has 0 aromatic heterocycles. The van der Waals surface area contributed by atoms with E-state index in [1.165, 1.54) is 0 Å². The van der Waals surface area contributed by atoms with E-state index < -0.39 is 36.6 Å². The molecular formula is C21H42FeO6. The van der Waals surface area contributed by atoms with Gasteiger partial charge in [0.25, 0.3) is 0 Å². The fourth-order valence-electron chi connectivity index (χ4n) is 2.43. The Morgan fingerprint density at radius 1 is 0.464 bits per heavy atom. The van der Waals surface area contributed by atoms with Crippen LogP contribution in [-0.4, -0.2) is 36.6 Å². The second-order valence-electron chi connectivity index (χ2n) is 7.37. The number of rotatable bonds is 12. The molecule has 0 aliphatic heterocycles. The molecule has 0 amide bonds. The zero-order valence-corrected chi connectivity index (χ0v) is 19.7. The fourth-order valence-corrected chi connectivity index (χ4v) is 2.43. The van der Waals surface area contributed by atoms with Gasteiger partial charge in [0.05, 0.1) is 0 Å². The Morgan fingerprint density at radius 3 is 0.750 bits per heavy atom. The molecule has 170 valence electrons. The monoisotopic (exact) mass is 446 g/mol. The predicted molar refractivity (Wildman–Crippen MR) is 98.3 cm³/mol. The van der Waals surface area contributed by atoms with Crippen LogP contribution in [0.25, 0.3) is 0 Å². The normalized spacial score (nSPS) is 16.7. The summed E-state index contributed by atoms with van der Waals surface area (Å²) in [7, 11) is 0. The van der Waals surface area contributed by atoms with Gasteiger partial charge in [-0.05, 0) is 0 Å². The Hall–Kier alpha value is 0.279. The predicted octanol–water partition coefficient (Wildman–Crippen LogP) is -1.04. The van der Waals surface area contributed by atoms with E-state index in [-0.39, 0.29) is 36.3 Å². The van der Waals surface area contributed by atoms with Gasteiger partial charge in [-0.25, -0.2) is 0 Å². The fraction of sp³-hybridized carbons (Fsp3) is 1.00. The molecular weight excluding hydrogens is 404 g/mol. The molecule has 0 aromatic carbocycles. The standard InChI is InChI=1S/3C7H14O2.Fe/c3*1-3-4-7(9)5-6(2)8;/h3*6-7H,3-5H2,1-2H3;/q3*-2;+6. The molecule has 28 heavy (non-hydrogen) atoms. The van der Waals surface area contributed by atoms with Crippen LogP contribution in [0.4, 0.5) is 0 Å². The Labute approximate surface area is 183 Å². The van der Waals surface area contributed by atoms with Crippen molar-refractivity contribution in [2.75, 3.05) is 0 Å². The van der Waals surface area contributed by atoms with Crippen LogP contribution >= 0.6 is 0 Å². The molecule has 0 saturated carbocycles. The van der Waals surface area contributed by atoms with E-state index in [4.69, 9.17) is 0 Å². The maximum atomic E-state index is 10.7. The van der Waals surface area contributed by atoms with Gasteiger partial charge in [0.2, 0.25) is 0 Å². The van der Waals surface area contributed by atoms with Crippen LogP contribution in [0.5, 0.6) is 0 Å². The van der Waals surface area contributed by atoms with Crippen LogP contribution in [0.1, 0.15) is 99.3 Å². The third-order valence-corrected chi connectivity index (χ3v) is 3.62. The molecule has 0 aromatic rings. The number of hydrogen-bond donors (Lipinski definition) is 0. The topological polar surface area (TPSA) is 138 Å². The smallest absolute Gasteiger partial charge is 0.852 e. The Balaban J connectivity index is -0.000000152. The summed E-state index contributed by atoms with van der Waals surface area (Å²) in [5, 5.41) is 63.4. The molecule has 0 aliphatic rings. The summed E-state index contributed by atoms with van der Waals surface area (Å²) < 4.78 is 0. The van der Waals surface area contributed by atoms with Crippen molar-refractivity contribution in [2.24, 2.45) is 0 Å². The first-order valence-electron chi connectivity index (χ1n) is 10.4. The quantitative estimate of drug-likeness (QED) is 0.351. The van der Waals surface area contributed by atoms with Gasteiger partial charge in [-0.15, -0.1) is 36.6 Å². The second kappa shape index (κ2) is 25.3. The van der Waals surface area contributed by atoms with Crippen molar-refractivity contribution in [3.63, 3.8) is 0 Å². The molecule has 7 heteroatoms. The largest absolute Gasteiger partial charge is 6.00 e. The molecule has 6 nitrogen and oxygen atoms in total. The molecule has 0 fully saturated rings. The number of hydrogen-bond acceptors (Lipinski definition) is 6. The first-order valence-corrected chi connectivity index (χ1v) is 10.4. The molecule has 6 unspecified atom stereocenters. The summed E-state index contributed by atoms with van der Waals surface area (Å²) in [5.41, 5.74) is 0. The van der Waals surface area contributed by atoms with Crippen molar-refractivity contribution in [2.45, 2.75) is 136 Å². The van der Waals surface area contributed by atoms with Gasteiger partial charge in [-0.3, -0.25) is 0 Å². The molecule has 0 N–H and O–H groups in total. The van der Waals surface area contributed by atoms with Crippen molar-refractivity contribution in [3.05, 3.63) is 0 Å². The van der Waals surface area contributed by atoms with E-state index in [1.807, 2.05) is 20.8 Å². The SMILES string of the molecule is CCCC([O-])CC(C)[O-].CCCC([O-])CC(C)[O-].CCCC([O-])CC(C)[O-].[Fe+6]. The Morgan fingerprint density at radius 2 is 0.643 bits per heavy atom. The molecule has 0 rings (SSSR count). The van der Waals surface area contributed by atoms with E-state index in [1.54, 1.807) is 20.8 Å². The maximum absolute atomic E-state index is 10.7. The van der Waals surface area contributed by atoms with E-state index in [2.05, 4.69) is 0 Å². The molecule has 0 radical (unpaired) electrons. The van der Waals surface area contributed by atoms with Crippen LogP contribution in [-0.2, 0) is 17.1 Å². The zero-order valence-electron chi connectivity index (χ0n) is 18.6. The molecule has 0 bridgehead atoms. The van der Waals surface area contributed by atoms with Gasteiger partial charge in [0, 0.05) is 0 Å². The minimum atomic E-state index is -0.681. The second-order valence-corrected chi connectivity index (χ2v) is 7.37. The van der Waals surface area contributed by atoms with Crippen LogP contribution < -0.4 is 30.6 Å². The summed E-state index contributed by atoms with van der Waals surface area (Å²) in [6, 6.07) is 0. The first kappa shape index (κ1) is 35.7. The van der Waals surface area contributed by atoms with Crippen molar-refractivity contribution in [1.29, 1.82) is 0 Å². The summed E-state index contributed by atoms with van der Waals surface area (Å²) >= 11 is 0. The average Bonchev–Trinajstić information content (AvgIpc) is 2.46. The van der Waals surface area contributed by atoms with Crippen LogP contribution in [0.15, 0.2) is 0 Å². The van der Waals surface area contributed by atoms with Crippen molar-refractivity contribution >= 4 is 0 Å². The summed E-state index contributed by atoms with van der Waals surface area (Å²) in [6.45, 7) is 10.5. The summed E-state index contributed by atoms with van der Waals surface area (Å²) in [6.07, 6.45) is 1.55. The third kappa shape index (κ3) is 37.1. The van der Waals surface area contributed by atoms with E-state index in [0.29, 0.717) is 19.3 Å². The van der Waals surface area contributed by atoms with Gasteiger partial charge < -0.3 is 30.6 Å². The molecule has 0 spiro atoms. The first-order chi connectivity index (χ1) is 12.5. The van der Waals surface area contributed by atoms with E-state index in [9.17, 15) is 30.6 Å². The van der Waals surface area contributed by atoms with Gasteiger partial charge in [0.1, 0.15) is 0 Å². The van der Waals surface area contributed by atoms with Gasteiger partial charge in [0.15, 0.2) is 0 Å². The maximum Gasteiger partial charge on any atom is 6.00 e. The van der Waals surface area contributed by atoms with Gasteiger partial charge in [-0.1, -0.05) is 99.3 Å². The molecule has 0 aliphatic carbocycles.